The van der Waals surface area contributed by atoms with Crippen molar-refractivity contribution < 1.29 is 0 Å². The summed E-state index contributed by atoms with van der Waals surface area (Å²) in [5.74, 6) is 4.39. The zero-order valence-electron chi connectivity index (χ0n) is 23.3. The molecule has 0 N–H and O–H groups in total. The number of benzene rings is 1. The zero-order chi connectivity index (χ0) is 24.2. The second kappa shape index (κ2) is 11.9. The Bertz CT molecular complexity index is 787. The SMILES string of the molecule is CCC[CH2][Sn](/[CH]=C\[C@@H]1CC[C@H]2[C@@H]3[C@H](C)Cc4ccccc4[C@H]3CC[C@]12C)([CH2]CCC)[CH2]CCC. The van der Waals surface area contributed by atoms with Gasteiger partial charge in [-0.05, 0) is 0 Å². The topological polar surface area (TPSA) is 0 Å². The van der Waals surface area contributed by atoms with E-state index in [2.05, 4.69) is 69.1 Å². The molecule has 0 aromatic heterocycles. The van der Waals surface area contributed by atoms with E-state index in [0.717, 1.165) is 29.6 Å². The quantitative estimate of drug-likeness (QED) is 0.233. The molecule has 0 unspecified atom stereocenters. The predicted molar refractivity (Wildman–Crippen MR) is 153 cm³/mol. The van der Waals surface area contributed by atoms with Crippen molar-refractivity contribution in [1.82, 2.24) is 0 Å². The summed E-state index contributed by atoms with van der Waals surface area (Å²) < 4.78 is 7.87. The van der Waals surface area contributed by atoms with Crippen LogP contribution in [0.2, 0.25) is 13.3 Å². The molecule has 3 aliphatic carbocycles. The molecule has 2 fully saturated rings. The van der Waals surface area contributed by atoms with Crippen molar-refractivity contribution >= 4 is 18.4 Å². The van der Waals surface area contributed by atoms with E-state index >= 15 is 0 Å². The van der Waals surface area contributed by atoms with Gasteiger partial charge in [-0.15, -0.1) is 0 Å². The van der Waals surface area contributed by atoms with Crippen LogP contribution in [0.25, 0.3) is 0 Å². The van der Waals surface area contributed by atoms with Gasteiger partial charge in [-0.3, -0.25) is 0 Å². The van der Waals surface area contributed by atoms with E-state index in [0.29, 0.717) is 5.41 Å². The Kier molecular flexibility index (Phi) is 9.36. The Morgan fingerprint density at radius 3 is 2.21 bits per heavy atom. The molecule has 0 spiro atoms. The molecule has 0 saturated heterocycles. The van der Waals surface area contributed by atoms with Crippen molar-refractivity contribution in [2.24, 2.45) is 29.1 Å². The fourth-order valence-corrected chi connectivity index (χ4v) is 23.3. The summed E-state index contributed by atoms with van der Waals surface area (Å²) in [6.45, 7) is 12.5. The van der Waals surface area contributed by atoms with Gasteiger partial charge in [0.2, 0.25) is 0 Å². The molecule has 0 amide bonds. The van der Waals surface area contributed by atoms with E-state index in [1.54, 1.807) is 24.4 Å². The molecule has 2 saturated carbocycles. The van der Waals surface area contributed by atoms with Gasteiger partial charge in [0.1, 0.15) is 0 Å². The van der Waals surface area contributed by atoms with Crippen LogP contribution in [0, 0.1) is 29.1 Å². The first kappa shape index (κ1) is 26.8. The normalized spacial score (nSPS) is 33.0. The van der Waals surface area contributed by atoms with E-state index < -0.39 is 18.4 Å². The molecule has 190 valence electrons. The first-order valence-electron chi connectivity index (χ1n) is 15.2. The Balaban J connectivity index is 1.56. The fraction of sp³-hybridized carbons (Fsp3) is 0.758. The van der Waals surface area contributed by atoms with Crippen LogP contribution in [-0.4, -0.2) is 18.4 Å². The molecule has 3 aliphatic rings. The zero-order valence-corrected chi connectivity index (χ0v) is 26.1. The van der Waals surface area contributed by atoms with Gasteiger partial charge in [0.15, 0.2) is 0 Å². The molecule has 34 heavy (non-hydrogen) atoms. The standard InChI is InChI=1S/C21H27.3C4H9.Sn/c1-4-16-9-10-19-20-14(2)13-15-7-5-6-8-17(15)18(20)11-12-21(16,19)3;3*1-3-4-2;/h1,4-8,14,16,18-20H,9-13H2,2-3H3;3*1,3-4H2,2H3;/t14-,16-,18-,19+,20-,21-;;;;/m1..../s1. The molecule has 0 bridgehead atoms. The first-order valence-corrected chi connectivity index (χ1v) is 23.0. The number of hydrogen-bond donors (Lipinski definition) is 0. The van der Waals surface area contributed by atoms with Gasteiger partial charge >= 0.3 is 217 Å². The number of allylic oxidation sites excluding steroid dienone is 1. The van der Waals surface area contributed by atoms with Gasteiger partial charge in [-0.1, -0.05) is 0 Å². The van der Waals surface area contributed by atoms with Crippen molar-refractivity contribution in [3.8, 4) is 0 Å². The van der Waals surface area contributed by atoms with Gasteiger partial charge in [0.05, 0.1) is 0 Å². The second-order valence-electron chi connectivity index (χ2n) is 12.9. The molecule has 0 radical (unpaired) electrons. The number of rotatable bonds is 11. The van der Waals surface area contributed by atoms with Crippen LogP contribution in [0.4, 0.5) is 0 Å². The van der Waals surface area contributed by atoms with Crippen LogP contribution in [0.3, 0.4) is 0 Å². The summed E-state index contributed by atoms with van der Waals surface area (Å²) in [5, 5.41) is 0. The van der Waals surface area contributed by atoms with Crippen molar-refractivity contribution in [3.63, 3.8) is 0 Å². The van der Waals surface area contributed by atoms with Crippen LogP contribution in [-0.2, 0) is 6.42 Å². The Morgan fingerprint density at radius 1 is 0.912 bits per heavy atom. The molecular weight excluding hydrogens is 515 g/mol. The fourth-order valence-electron chi connectivity index (χ4n) is 8.80. The van der Waals surface area contributed by atoms with E-state index in [9.17, 15) is 0 Å². The van der Waals surface area contributed by atoms with Crippen molar-refractivity contribution in [1.29, 1.82) is 0 Å². The third-order valence-corrected chi connectivity index (χ3v) is 24.9. The number of hydrogen-bond acceptors (Lipinski definition) is 0. The summed E-state index contributed by atoms with van der Waals surface area (Å²) in [4.78, 5) is 0. The van der Waals surface area contributed by atoms with Crippen LogP contribution in [0.5, 0.6) is 0 Å². The van der Waals surface area contributed by atoms with Crippen molar-refractivity contribution in [2.45, 2.75) is 124 Å². The Morgan fingerprint density at radius 2 is 1.56 bits per heavy atom. The Hall–Kier alpha value is -0.241. The van der Waals surface area contributed by atoms with Crippen LogP contribution >= 0.6 is 0 Å². The van der Waals surface area contributed by atoms with Crippen LogP contribution < -0.4 is 0 Å². The summed E-state index contributed by atoms with van der Waals surface area (Å²) in [5.41, 5.74) is 3.94. The minimum absolute atomic E-state index is 0.552. The molecule has 1 heteroatoms. The van der Waals surface area contributed by atoms with Crippen LogP contribution in [0.15, 0.2) is 34.4 Å². The van der Waals surface area contributed by atoms with Crippen LogP contribution in [0.1, 0.15) is 116 Å². The van der Waals surface area contributed by atoms with Gasteiger partial charge in [-0.2, -0.15) is 0 Å². The molecule has 0 nitrogen and oxygen atoms in total. The van der Waals surface area contributed by atoms with E-state index in [1.165, 1.54) is 70.6 Å². The number of fused-ring (bicyclic) bond motifs is 5. The molecule has 6 atom stereocenters. The number of unbranched alkanes of at least 4 members (excludes halogenated alkanes) is 3. The maximum absolute atomic E-state index is 3.01. The third-order valence-electron chi connectivity index (χ3n) is 10.8. The monoisotopic (exact) mass is 570 g/mol. The summed E-state index contributed by atoms with van der Waals surface area (Å²) in [6, 6.07) is 9.47. The molecule has 0 heterocycles. The molecule has 0 aliphatic heterocycles. The van der Waals surface area contributed by atoms with E-state index in [1.807, 2.05) is 0 Å². The summed E-state index contributed by atoms with van der Waals surface area (Å²) >= 11 is -2.19. The third kappa shape index (κ3) is 5.38. The second-order valence-corrected chi connectivity index (χ2v) is 25.9. The summed E-state index contributed by atoms with van der Waals surface area (Å²) in [7, 11) is 0. The van der Waals surface area contributed by atoms with Gasteiger partial charge in [0, 0.05) is 0 Å². The summed E-state index contributed by atoms with van der Waals surface area (Å²) in [6.07, 6.45) is 18.6. The van der Waals surface area contributed by atoms with Gasteiger partial charge < -0.3 is 0 Å². The minimum atomic E-state index is -2.19. The predicted octanol–water partition coefficient (Wildman–Crippen LogP) is 10.3. The average molecular weight is 570 g/mol. The van der Waals surface area contributed by atoms with E-state index in [-0.39, 0.29) is 0 Å². The van der Waals surface area contributed by atoms with Gasteiger partial charge in [0.25, 0.3) is 0 Å². The Labute approximate surface area is 216 Å². The van der Waals surface area contributed by atoms with Gasteiger partial charge in [-0.25, -0.2) is 0 Å². The first-order chi connectivity index (χ1) is 16.5. The van der Waals surface area contributed by atoms with Crippen molar-refractivity contribution in [3.05, 3.63) is 45.6 Å². The maximum atomic E-state index is 3.01. The molecule has 4 rings (SSSR count). The average Bonchev–Trinajstić information content (AvgIpc) is 3.19. The van der Waals surface area contributed by atoms with E-state index in [4.69, 9.17) is 0 Å². The molecule has 1 aromatic carbocycles. The van der Waals surface area contributed by atoms with Crippen molar-refractivity contribution in [2.75, 3.05) is 0 Å². The molecule has 1 aromatic rings. The molecular formula is C33H54Sn.